The number of nitrogens with zero attached hydrogens (tertiary/aromatic N) is 4. The van der Waals surface area contributed by atoms with Crippen molar-refractivity contribution in [3.63, 3.8) is 0 Å². The second kappa shape index (κ2) is 10.6. The molecule has 1 aliphatic rings. The number of aryl methyl sites for hydroxylation is 2. The molecule has 3 heterocycles. The van der Waals surface area contributed by atoms with Crippen molar-refractivity contribution in [2.75, 3.05) is 5.32 Å². The molecule has 0 fully saturated rings. The summed E-state index contributed by atoms with van der Waals surface area (Å²) in [4.78, 5) is 33.2. The number of carbonyl (C=O) groups is 1. The molecule has 2 aromatic heterocycles. The van der Waals surface area contributed by atoms with Gasteiger partial charge in [-0.1, -0.05) is 78.1 Å². The number of hydrogen-bond donors (Lipinski definition) is 1. The minimum Gasteiger partial charge on any atom is -0.322 e. The number of nitrogens with one attached hydrogen (secondary N) is 1. The van der Waals surface area contributed by atoms with Crippen LogP contribution in [-0.2, 0) is 4.79 Å². The summed E-state index contributed by atoms with van der Waals surface area (Å²) < 4.78 is 4.08. The van der Waals surface area contributed by atoms with Crippen LogP contribution >= 0.6 is 11.3 Å². The minimum absolute atomic E-state index is 0.192. The number of aromatic nitrogens is 3. The van der Waals surface area contributed by atoms with E-state index < -0.39 is 6.04 Å². The Morgan fingerprint density at radius 3 is 2.27 bits per heavy atom. The molecule has 1 atom stereocenters. The average Bonchev–Trinajstić information content (AvgIpc) is 3.44. The SMILES string of the molecule is CC1=C(C(=O)Nc2ccccc2C)[C@H](c2ccccc2)n2c(s/c(=C/c3c(C)nn(-c4ccccc4)c3C)c2=O)=N1. The van der Waals surface area contributed by atoms with Gasteiger partial charge < -0.3 is 5.32 Å². The molecular weight excluding hydrogens is 530 g/mol. The predicted octanol–water partition coefficient (Wildman–Crippen LogP) is 4.98. The number of anilines is 1. The fraction of sp³-hybridized carbons (Fsp3) is 0.152. The van der Waals surface area contributed by atoms with Gasteiger partial charge in [0.1, 0.15) is 0 Å². The summed E-state index contributed by atoms with van der Waals surface area (Å²) in [6.45, 7) is 7.73. The summed E-state index contributed by atoms with van der Waals surface area (Å²) in [6, 6.07) is 26.6. The quantitative estimate of drug-likeness (QED) is 0.330. The second-order valence-electron chi connectivity index (χ2n) is 10.1. The maximum Gasteiger partial charge on any atom is 0.271 e. The van der Waals surface area contributed by atoms with E-state index in [1.165, 1.54) is 11.3 Å². The first-order chi connectivity index (χ1) is 19.8. The standard InChI is InChI=1S/C33H29N5O2S/c1-20-13-11-12-18-27(20)35-31(39)29-22(3)34-33-37(30(29)24-14-7-5-8-15-24)32(40)28(41-33)19-26-21(2)36-38(23(26)4)25-16-9-6-10-17-25/h5-19,30H,1-4H3,(H,35,39)/b28-19+/t30-/m0/s1. The van der Waals surface area contributed by atoms with Crippen LogP contribution in [-0.4, -0.2) is 20.3 Å². The van der Waals surface area contributed by atoms with Crippen LogP contribution in [0.2, 0.25) is 0 Å². The zero-order chi connectivity index (χ0) is 28.7. The van der Waals surface area contributed by atoms with E-state index in [0.29, 0.717) is 20.6 Å². The molecule has 7 nitrogen and oxygen atoms in total. The van der Waals surface area contributed by atoms with Gasteiger partial charge >= 0.3 is 0 Å². The molecule has 8 heteroatoms. The van der Waals surface area contributed by atoms with Crippen molar-refractivity contribution >= 4 is 29.0 Å². The lowest BCUT2D eigenvalue weighted by Crippen LogP contribution is -2.40. The molecule has 0 radical (unpaired) electrons. The molecule has 0 bridgehead atoms. The van der Waals surface area contributed by atoms with E-state index in [0.717, 1.165) is 39.5 Å². The zero-order valence-corrected chi connectivity index (χ0v) is 24.1. The lowest BCUT2D eigenvalue weighted by molar-refractivity contribution is -0.113. The molecule has 5 aromatic rings. The topological polar surface area (TPSA) is 81.3 Å². The number of hydrogen-bond acceptors (Lipinski definition) is 5. The van der Waals surface area contributed by atoms with Gasteiger partial charge in [0.25, 0.3) is 11.5 Å². The monoisotopic (exact) mass is 559 g/mol. The number of benzene rings is 3. The van der Waals surface area contributed by atoms with E-state index in [1.807, 2.05) is 123 Å². The molecule has 0 saturated heterocycles. The number of rotatable bonds is 5. The Hall–Kier alpha value is -4.82. The molecule has 0 aliphatic carbocycles. The minimum atomic E-state index is -0.618. The number of amides is 1. The Labute approximate surface area is 241 Å². The molecule has 0 saturated carbocycles. The summed E-state index contributed by atoms with van der Waals surface area (Å²) in [5.74, 6) is -0.278. The van der Waals surface area contributed by atoms with Crippen molar-refractivity contribution in [3.8, 4) is 5.69 Å². The van der Waals surface area contributed by atoms with E-state index in [1.54, 1.807) is 4.57 Å². The van der Waals surface area contributed by atoms with Gasteiger partial charge in [-0.2, -0.15) is 5.10 Å². The highest BCUT2D eigenvalue weighted by atomic mass is 32.1. The number of allylic oxidation sites excluding steroid dienone is 1. The van der Waals surface area contributed by atoms with E-state index in [9.17, 15) is 9.59 Å². The Morgan fingerprint density at radius 1 is 0.902 bits per heavy atom. The second-order valence-corrected chi connectivity index (χ2v) is 11.1. The van der Waals surface area contributed by atoms with E-state index in [4.69, 9.17) is 10.1 Å². The Bertz CT molecular complexity index is 2000. The maximum atomic E-state index is 14.1. The van der Waals surface area contributed by atoms with Gasteiger partial charge in [0, 0.05) is 16.9 Å². The van der Waals surface area contributed by atoms with Gasteiger partial charge in [-0.3, -0.25) is 14.2 Å². The molecule has 0 unspecified atom stereocenters. The van der Waals surface area contributed by atoms with Crippen molar-refractivity contribution in [2.24, 2.45) is 4.99 Å². The summed E-state index contributed by atoms with van der Waals surface area (Å²) in [5, 5.41) is 7.79. The smallest absolute Gasteiger partial charge is 0.271 e. The molecule has 1 aliphatic heterocycles. The number of thiazole rings is 1. The van der Waals surface area contributed by atoms with Crippen LogP contribution < -0.4 is 20.2 Å². The normalized spacial score (nSPS) is 15.0. The average molecular weight is 560 g/mol. The van der Waals surface area contributed by atoms with Crippen molar-refractivity contribution in [1.82, 2.24) is 14.3 Å². The van der Waals surface area contributed by atoms with E-state index in [2.05, 4.69) is 5.32 Å². The van der Waals surface area contributed by atoms with Crippen LogP contribution in [0.25, 0.3) is 11.8 Å². The van der Waals surface area contributed by atoms with E-state index in [-0.39, 0.29) is 11.5 Å². The van der Waals surface area contributed by atoms with Crippen molar-refractivity contribution in [3.05, 3.63) is 144 Å². The first-order valence-electron chi connectivity index (χ1n) is 13.4. The van der Waals surface area contributed by atoms with Crippen molar-refractivity contribution < 1.29 is 4.79 Å². The van der Waals surface area contributed by atoms with Gasteiger partial charge in [0.15, 0.2) is 4.80 Å². The van der Waals surface area contributed by atoms with Gasteiger partial charge in [0.05, 0.1) is 33.2 Å². The Kier molecular flexibility index (Phi) is 6.85. The Balaban J connectivity index is 1.49. The van der Waals surface area contributed by atoms with Gasteiger partial charge in [0.2, 0.25) is 0 Å². The molecule has 1 N–H and O–H groups in total. The summed E-state index contributed by atoms with van der Waals surface area (Å²) >= 11 is 1.33. The molecular formula is C33H29N5O2S. The highest BCUT2D eigenvalue weighted by Crippen LogP contribution is 2.31. The van der Waals surface area contributed by atoms with Gasteiger partial charge in [-0.15, -0.1) is 0 Å². The van der Waals surface area contributed by atoms with Crippen LogP contribution in [0, 0.1) is 20.8 Å². The van der Waals surface area contributed by atoms with Crippen LogP contribution in [0.5, 0.6) is 0 Å². The molecule has 0 spiro atoms. The summed E-state index contributed by atoms with van der Waals surface area (Å²) in [5.41, 5.74) is 6.97. The molecule has 204 valence electrons. The lowest BCUT2D eigenvalue weighted by atomic mass is 9.95. The third kappa shape index (κ3) is 4.76. The zero-order valence-electron chi connectivity index (χ0n) is 23.3. The first kappa shape index (κ1) is 26.4. The fourth-order valence-corrected chi connectivity index (χ4v) is 6.31. The molecule has 1 amide bonds. The highest BCUT2D eigenvalue weighted by Gasteiger charge is 2.32. The summed E-state index contributed by atoms with van der Waals surface area (Å²) in [6.07, 6.45) is 1.90. The van der Waals surface area contributed by atoms with Gasteiger partial charge in [-0.05, 0) is 63.1 Å². The van der Waals surface area contributed by atoms with Crippen molar-refractivity contribution in [2.45, 2.75) is 33.7 Å². The molecule has 3 aromatic carbocycles. The number of fused-ring (bicyclic) bond motifs is 1. The van der Waals surface area contributed by atoms with Crippen molar-refractivity contribution in [1.29, 1.82) is 0 Å². The van der Waals surface area contributed by atoms with Crippen LogP contribution in [0.15, 0.2) is 106 Å². The first-order valence-corrected chi connectivity index (χ1v) is 14.2. The highest BCUT2D eigenvalue weighted by molar-refractivity contribution is 7.07. The largest absolute Gasteiger partial charge is 0.322 e. The third-order valence-corrected chi connectivity index (χ3v) is 8.38. The van der Waals surface area contributed by atoms with Crippen LogP contribution in [0.1, 0.15) is 41.0 Å². The fourth-order valence-electron chi connectivity index (χ4n) is 5.28. The molecule has 41 heavy (non-hydrogen) atoms. The Morgan fingerprint density at radius 2 is 1.56 bits per heavy atom. The van der Waals surface area contributed by atoms with Crippen LogP contribution in [0.4, 0.5) is 5.69 Å². The third-order valence-electron chi connectivity index (χ3n) is 7.40. The maximum absolute atomic E-state index is 14.1. The number of carbonyl (C=O) groups excluding carboxylic acids is 1. The number of para-hydroxylation sites is 2. The van der Waals surface area contributed by atoms with E-state index >= 15 is 0 Å². The predicted molar refractivity (Wildman–Crippen MR) is 163 cm³/mol. The lowest BCUT2D eigenvalue weighted by Gasteiger charge is -2.25. The van der Waals surface area contributed by atoms with Crippen LogP contribution in [0.3, 0.4) is 0 Å². The van der Waals surface area contributed by atoms with Gasteiger partial charge in [-0.25, -0.2) is 9.67 Å². The summed E-state index contributed by atoms with van der Waals surface area (Å²) in [7, 11) is 0. The molecule has 6 rings (SSSR count).